The van der Waals surface area contributed by atoms with E-state index in [0.29, 0.717) is 12.0 Å². The van der Waals surface area contributed by atoms with Crippen molar-refractivity contribution in [3.05, 3.63) is 35.9 Å². The van der Waals surface area contributed by atoms with Gasteiger partial charge in [0.1, 0.15) is 0 Å². The largest absolute Gasteiger partial charge is 0.327 e. The van der Waals surface area contributed by atoms with Crippen LogP contribution in [0.4, 0.5) is 0 Å². The predicted molar refractivity (Wildman–Crippen MR) is 74.8 cm³/mol. The van der Waals surface area contributed by atoms with E-state index >= 15 is 0 Å². The Morgan fingerprint density at radius 1 is 1.18 bits per heavy atom. The fourth-order valence-electron chi connectivity index (χ4n) is 2.16. The molecule has 0 amide bonds. The topological polar surface area (TPSA) is 29.3 Å². The molecule has 0 bridgehead atoms. The number of nitrogens with zero attached hydrogens (tertiary/aromatic N) is 1. The molecule has 0 radical (unpaired) electrons. The number of rotatable bonds is 7. The third-order valence-electron chi connectivity index (χ3n) is 2.96. The standard InChI is InChI=1S/C15H26N2/c1-4-17(12-15(16)10-13(2)3)11-14-8-6-5-7-9-14/h5-9,13,15H,4,10-12,16H2,1-3H3/t15-/m0/s1. The monoisotopic (exact) mass is 234 g/mol. The van der Waals surface area contributed by atoms with Crippen molar-refractivity contribution < 1.29 is 0 Å². The maximum Gasteiger partial charge on any atom is 0.0234 e. The van der Waals surface area contributed by atoms with Crippen LogP contribution in [0.5, 0.6) is 0 Å². The van der Waals surface area contributed by atoms with E-state index in [2.05, 4.69) is 56.0 Å². The summed E-state index contributed by atoms with van der Waals surface area (Å²) in [6, 6.07) is 10.9. The van der Waals surface area contributed by atoms with Crippen molar-refractivity contribution in [3.8, 4) is 0 Å². The van der Waals surface area contributed by atoms with Crippen LogP contribution in [-0.2, 0) is 6.54 Å². The SMILES string of the molecule is CCN(Cc1ccccc1)C[C@@H](N)CC(C)C. The third kappa shape index (κ3) is 5.85. The Morgan fingerprint density at radius 2 is 1.82 bits per heavy atom. The maximum absolute atomic E-state index is 6.16. The molecule has 2 nitrogen and oxygen atoms in total. The van der Waals surface area contributed by atoms with E-state index in [-0.39, 0.29) is 0 Å². The van der Waals surface area contributed by atoms with Crippen LogP contribution >= 0.6 is 0 Å². The average molecular weight is 234 g/mol. The van der Waals surface area contributed by atoms with Gasteiger partial charge < -0.3 is 5.73 Å². The summed E-state index contributed by atoms with van der Waals surface area (Å²) in [6.07, 6.45) is 1.10. The van der Waals surface area contributed by atoms with E-state index in [4.69, 9.17) is 5.73 Å². The minimum Gasteiger partial charge on any atom is -0.327 e. The number of nitrogens with two attached hydrogens (primary N) is 1. The van der Waals surface area contributed by atoms with E-state index in [1.165, 1.54) is 5.56 Å². The van der Waals surface area contributed by atoms with E-state index in [1.54, 1.807) is 0 Å². The molecule has 0 aliphatic carbocycles. The first kappa shape index (κ1) is 14.2. The molecule has 17 heavy (non-hydrogen) atoms. The third-order valence-corrected chi connectivity index (χ3v) is 2.96. The Labute approximate surface area is 106 Å². The Bertz CT molecular complexity index is 295. The molecule has 1 aromatic carbocycles. The molecule has 0 spiro atoms. The zero-order chi connectivity index (χ0) is 12.7. The molecule has 1 atom stereocenters. The second-order valence-corrected chi connectivity index (χ2v) is 5.20. The van der Waals surface area contributed by atoms with Gasteiger partial charge in [0, 0.05) is 19.1 Å². The summed E-state index contributed by atoms with van der Waals surface area (Å²) in [4.78, 5) is 2.42. The summed E-state index contributed by atoms with van der Waals surface area (Å²) >= 11 is 0. The summed E-state index contributed by atoms with van der Waals surface area (Å²) in [5.41, 5.74) is 7.53. The highest BCUT2D eigenvalue weighted by Gasteiger charge is 2.10. The highest BCUT2D eigenvalue weighted by atomic mass is 15.1. The molecular weight excluding hydrogens is 208 g/mol. The van der Waals surface area contributed by atoms with Gasteiger partial charge in [-0.3, -0.25) is 4.90 Å². The minimum absolute atomic E-state index is 0.290. The quantitative estimate of drug-likeness (QED) is 0.786. The lowest BCUT2D eigenvalue weighted by atomic mass is 10.0. The number of hydrogen-bond acceptors (Lipinski definition) is 2. The first-order valence-electron chi connectivity index (χ1n) is 6.63. The molecule has 96 valence electrons. The first-order chi connectivity index (χ1) is 8.11. The number of hydrogen-bond donors (Lipinski definition) is 1. The van der Waals surface area contributed by atoms with Gasteiger partial charge in [-0.05, 0) is 24.4 Å². The molecule has 0 unspecified atom stereocenters. The lowest BCUT2D eigenvalue weighted by Crippen LogP contribution is -2.37. The van der Waals surface area contributed by atoms with Crippen LogP contribution in [-0.4, -0.2) is 24.0 Å². The lowest BCUT2D eigenvalue weighted by Gasteiger charge is -2.25. The molecule has 0 fully saturated rings. The zero-order valence-corrected chi connectivity index (χ0v) is 11.4. The second-order valence-electron chi connectivity index (χ2n) is 5.20. The van der Waals surface area contributed by atoms with Crippen LogP contribution in [0.3, 0.4) is 0 Å². The zero-order valence-electron chi connectivity index (χ0n) is 11.4. The molecule has 1 rings (SSSR count). The number of benzene rings is 1. The maximum atomic E-state index is 6.16. The summed E-state index contributed by atoms with van der Waals surface area (Å²) in [6.45, 7) is 9.71. The highest BCUT2D eigenvalue weighted by molar-refractivity contribution is 5.14. The van der Waals surface area contributed by atoms with E-state index in [0.717, 1.165) is 26.1 Å². The fourth-order valence-corrected chi connectivity index (χ4v) is 2.16. The van der Waals surface area contributed by atoms with Crippen LogP contribution in [0.2, 0.25) is 0 Å². The van der Waals surface area contributed by atoms with Crippen LogP contribution in [0.1, 0.15) is 32.8 Å². The summed E-state index contributed by atoms with van der Waals surface area (Å²) in [5.74, 6) is 0.681. The molecule has 1 aromatic rings. The summed E-state index contributed by atoms with van der Waals surface area (Å²) in [7, 11) is 0. The van der Waals surface area contributed by atoms with Gasteiger partial charge in [0.2, 0.25) is 0 Å². The molecule has 0 saturated carbocycles. The molecule has 0 heterocycles. The lowest BCUT2D eigenvalue weighted by molar-refractivity contribution is 0.250. The van der Waals surface area contributed by atoms with Crippen molar-refractivity contribution in [3.63, 3.8) is 0 Å². The molecule has 0 saturated heterocycles. The van der Waals surface area contributed by atoms with E-state index in [1.807, 2.05) is 0 Å². The molecule has 2 heteroatoms. The van der Waals surface area contributed by atoms with Crippen molar-refractivity contribution >= 4 is 0 Å². The fraction of sp³-hybridized carbons (Fsp3) is 0.600. The van der Waals surface area contributed by atoms with Gasteiger partial charge >= 0.3 is 0 Å². The van der Waals surface area contributed by atoms with Crippen molar-refractivity contribution in [2.24, 2.45) is 11.7 Å². The molecule has 0 aliphatic rings. The van der Waals surface area contributed by atoms with Gasteiger partial charge in [-0.1, -0.05) is 51.1 Å². The van der Waals surface area contributed by atoms with Crippen molar-refractivity contribution in [1.82, 2.24) is 4.90 Å². The second kappa shape index (κ2) is 7.46. The molecule has 0 aromatic heterocycles. The van der Waals surface area contributed by atoms with Gasteiger partial charge in [0.05, 0.1) is 0 Å². The Morgan fingerprint density at radius 3 is 2.35 bits per heavy atom. The van der Waals surface area contributed by atoms with E-state index < -0.39 is 0 Å². The highest BCUT2D eigenvalue weighted by Crippen LogP contribution is 2.08. The number of likely N-dealkylation sites (N-methyl/N-ethyl adjacent to an activating group) is 1. The first-order valence-corrected chi connectivity index (χ1v) is 6.63. The van der Waals surface area contributed by atoms with Crippen LogP contribution in [0.25, 0.3) is 0 Å². The summed E-state index contributed by atoms with van der Waals surface area (Å²) < 4.78 is 0. The Kier molecular flexibility index (Phi) is 6.23. The van der Waals surface area contributed by atoms with Crippen LogP contribution in [0.15, 0.2) is 30.3 Å². The van der Waals surface area contributed by atoms with Gasteiger partial charge in [-0.15, -0.1) is 0 Å². The average Bonchev–Trinajstić information content (AvgIpc) is 2.28. The van der Waals surface area contributed by atoms with Gasteiger partial charge in [-0.25, -0.2) is 0 Å². The minimum atomic E-state index is 0.290. The van der Waals surface area contributed by atoms with Crippen molar-refractivity contribution in [1.29, 1.82) is 0 Å². The van der Waals surface area contributed by atoms with Gasteiger partial charge in [0.15, 0.2) is 0 Å². The Balaban J connectivity index is 2.43. The van der Waals surface area contributed by atoms with E-state index in [9.17, 15) is 0 Å². The summed E-state index contributed by atoms with van der Waals surface area (Å²) in [5, 5.41) is 0. The van der Waals surface area contributed by atoms with Crippen molar-refractivity contribution in [2.75, 3.05) is 13.1 Å². The predicted octanol–water partition coefficient (Wildman–Crippen LogP) is 2.88. The smallest absolute Gasteiger partial charge is 0.0234 e. The Hall–Kier alpha value is -0.860. The van der Waals surface area contributed by atoms with Gasteiger partial charge in [0.25, 0.3) is 0 Å². The van der Waals surface area contributed by atoms with Crippen molar-refractivity contribution in [2.45, 2.75) is 39.8 Å². The van der Waals surface area contributed by atoms with Crippen LogP contribution in [0, 0.1) is 5.92 Å². The van der Waals surface area contributed by atoms with Gasteiger partial charge in [-0.2, -0.15) is 0 Å². The molecule has 0 aliphatic heterocycles. The molecule has 2 N–H and O–H groups in total. The normalized spacial score (nSPS) is 13.3. The molecular formula is C15H26N2. The van der Waals surface area contributed by atoms with Crippen LogP contribution < -0.4 is 5.73 Å².